The molecule has 214 valence electrons. The average molecular weight is 555 g/mol. The molecule has 0 saturated carbocycles. The number of nitrogens with one attached hydrogen (secondary N) is 1. The fraction of sp³-hybridized carbons (Fsp3) is 0.500. The second-order valence-corrected chi connectivity index (χ2v) is 10.9. The van der Waals surface area contributed by atoms with E-state index in [0.717, 1.165) is 102 Å². The molecule has 7 rings (SSSR count). The fourth-order valence-electron chi connectivity index (χ4n) is 5.96. The van der Waals surface area contributed by atoms with E-state index in [1.54, 1.807) is 0 Å². The van der Waals surface area contributed by atoms with Gasteiger partial charge in [0.2, 0.25) is 5.95 Å². The predicted molar refractivity (Wildman–Crippen MR) is 150 cm³/mol. The summed E-state index contributed by atoms with van der Waals surface area (Å²) < 4.78 is 39.9. The van der Waals surface area contributed by atoms with Crippen molar-refractivity contribution >= 4 is 23.0 Å². The quantitative estimate of drug-likeness (QED) is 0.475. The van der Waals surface area contributed by atoms with Gasteiger partial charge >= 0.3 is 0 Å². The number of morpholine rings is 2. The van der Waals surface area contributed by atoms with Crippen molar-refractivity contribution in [1.29, 1.82) is 0 Å². The molecule has 0 bridgehead atoms. The molecule has 1 N–H and O–H groups in total. The van der Waals surface area contributed by atoms with Crippen LogP contribution >= 0.6 is 0 Å². The third-order valence-corrected chi connectivity index (χ3v) is 8.34. The Balaban J connectivity index is 0.00000302. The number of rotatable bonds is 7. The monoisotopic (exact) mass is 554 g/mol. The Morgan fingerprint density at radius 3 is 1.75 bits per heavy atom. The zero-order valence-corrected chi connectivity index (χ0v) is 22.4. The van der Waals surface area contributed by atoms with Gasteiger partial charge < -0.3 is 24.6 Å². The molecular formula is C28H36F2N8O2. The molecule has 0 radical (unpaired) electrons. The van der Waals surface area contributed by atoms with Gasteiger partial charge in [0.05, 0.1) is 32.1 Å². The van der Waals surface area contributed by atoms with Gasteiger partial charge in [0.25, 0.3) is 0 Å². The van der Waals surface area contributed by atoms with Crippen LogP contribution in [0.15, 0.2) is 42.7 Å². The smallest absolute Gasteiger partial charge is 0.246 e. The molecule has 2 aromatic carbocycles. The van der Waals surface area contributed by atoms with E-state index >= 15 is 0 Å². The van der Waals surface area contributed by atoms with Crippen molar-refractivity contribution in [3.63, 3.8) is 0 Å². The Morgan fingerprint density at radius 1 is 0.700 bits per heavy atom. The van der Waals surface area contributed by atoms with Gasteiger partial charge in [-0.25, -0.2) is 13.5 Å². The molecule has 1 aromatic heterocycles. The van der Waals surface area contributed by atoms with Gasteiger partial charge in [-0.2, -0.15) is 4.98 Å². The van der Waals surface area contributed by atoms with Crippen LogP contribution in [0.4, 0.5) is 31.8 Å². The van der Waals surface area contributed by atoms with Gasteiger partial charge in [-0.1, -0.05) is 0 Å². The maximum Gasteiger partial charge on any atom is 0.246 e. The lowest BCUT2D eigenvalue weighted by Crippen LogP contribution is -2.62. The fourth-order valence-corrected chi connectivity index (χ4v) is 5.96. The highest BCUT2D eigenvalue weighted by Gasteiger charge is 2.35. The highest BCUT2D eigenvalue weighted by molar-refractivity contribution is 5.72. The van der Waals surface area contributed by atoms with E-state index in [4.69, 9.17) is 9.47 Å². The minimum absolute atomic E-state index is 0. The molecule has 4 fully saturated rings. The van der Waals surface area contributed by atoms with Crippen molar-refractivity contribution in [1.82, 2.24) is 24.6 Å². The van der Waals surface area contributed by atoms with E-state index in [9.17, 15) is 8.78 Å². The first-order valence-corrected chi connectivity index (χ1v) is 14.0. The molecule has 0 amide bonds. The van der Waals surface area contributed by atoms with Crippen molar-refractivity contribution in [3.8, 4) is 5.69 Å². The Hall–Kier alpha value is -3.32. The largest absolute Gasteiger partial charge is 0.379 e. The summed E-state index contributed by atoms with van der Waals surface area (Å²) in [6, 6.07) is 10.9. The summed E-state index contributed by atoms with van der Waals surface area (Å²) in [5, 5.41) is 7.74. The average Bonchev–Trinajstić information content (AvgIpc) is 3.36. The molecule has 40 heavy (non-hydrogen) atoms. The van der Waals surface area contributed by atoms with Crippen LogP contribution in [0.3, 0.4) is 0 Å². The minimum atomic E-state index is -0.660. The van der Waals surface area contributed by atoms with Crippen LogP contribution in [0.2, 0.25) is 0 Å². The van der Waals surface area contributed by atoms with Gasteiger partial charge in [-0.05, 0) is 30.3 Å². The first-order chi connectivity index (χ1) is 19.6. The summed E-state index contributed by atoms with van der Waals surface area (Å²) in [6.07, 6.45) is 1.45. The van der Waals surface area contributed by atoms with Gasteiger partial charge in [-0.3, -0.25) is 9.80 Å². The van der Waals surface area contributed by atoms with Crippen molar-refractivity contribution in [3.05, 3.63) is 54.4 Å². The Bertz CT molecular complexity index is 1270. The van der Waals surface area contributed by atoms with E-state index in [2.05, 4.69) is 53.2 Å². The Kier molecular flexibility index (Phi) is 7.00. The SMILES string of the molecule is Fc1cc(F)cc(-n2cnc(Nc3cc(N4CC(N5CCOCC5)C4)cc(N4CC(N5CCOCC5)C4)c3)n2)c1.[HH]. The van der Waals surface area contributed by atoms with E-state index in [1.165, 1.54) is 23.1 Å². The highest BCUT2D eigenvalue weighted by Crippen LogP contribution is 2.35. The van der Waals surface area contributed by atoms with Gasteiger partial charge in [-0.15, -0.1) is 5.10 Å². The van der Waals surface area contributed by atoms with E-state index in [1.807, 2.05) is 0 Å². The molecule has 3 aromatic rings. The van der Waals surface area contributed by atoms with Crippen LogP contribution in [0, 0.1) is 11.6 Å². The molecule has 0 unspecified atom stereocenters. The molecule has 12 heteroatoms. The number of ether oxygens (including phenoxy) is 2. The topological polar surface area (TPSA) is 74.2 Å². The zero-order valence-electron chi connectivity index (χ0n) is 22.4. The number of hydrogen-bond acceptors (Lipinski definition) is 9. The first-order valence-electron chi connectivity index (χ1n) is 14.0. The third kappa shape index (κ3) is 5.36. The number of nitrogens with zero attached hydrogens (tertiary/aromatic N) is 7. The molecule has 0 spiro atoms. The second-order valence-electron chi connectivity index (χ2n) is 10.9. The number of hydrogen-bond donors (Lipinski definition) is 1. The van der Waals surface area contributed by atoms with E-state index in [-0.39, 0.29) is 7.11 Å². The number of aromatic nitrogens is 3. The summed E-state index contributed by atoms with van der Waals surface area (Å²) in [7, 11) is 0. The van der Waals surface area contributed by atoms with Crippen molar-refractivity contribution < 1.29 is 19.7 Å². The summed E-state index contributed by atoms with van der Waals surface area (Å²) in [6.45, 7) is 11.1. The summed E-state index contributed by atoms with van der Waals surface area (Å²) >= 11 is 0. The van der Waals surface area contributed by atoms with Crippen molar-refractivity contribution in [2.45, 2.75) is 12.1 Å². The lowest BCUT2D eigenvalue weighted by atomic mass is 10.0. The summed E-state index contributed by atoms with van der Waals surface area (Å²) in [5.41, 5.74) is 3.47. The Morgan fingerprint density at radius 2 is 1.23 bits per heavy atom. The molecule has 5 heterocycles. The molecule has 4 aliphatic heterocycles. The van der Waals surface area contributed by atoms with Gasteiger partial charge in [0.15, 0.2) is 0 Å². The van der Waals surface area contributed by atoms with Gasteiger partial charge in [0.1, 0.15) is 18.0 Å². The van der Waals surface area contributed by atoms with Crippen molar-refractivity contribution in [2.75, 3.05) is 93.9 Å². The van der Waals surface area contributed by atoms with Crippen LogP contribution in [0.25, 0.3) is 5.69 Å². The number of anilines is 4. The normalized spacial score (nSPS) is 21.4. The maximum atomic E-state index is 13.7. The lowest BCUT2D eigenvalue weighted by Gasteiger charge is -2.49. The molecular weight excluding hydrogens is 518 g/mol. The molecule has 4 saturated heterocycles. The molecule has 0 atom stereocenters. The standard InChI is InChI=1S/C28H34F2N8O2.H2/c29-20-9-21(30)11-25(10-20)38-19-31-28(33-38)32-22-12-23(36-15-26(16-36)34-1-5-39-6-2-34)14-24(13-22)37-17-27(18-37)35-3-7-40-8-4-35;/h9-14,19,26-27H,1-8,15-18H2,(H,32,33);1H. The zero-order chi connectivity index (χ0) is 27.1. The van der Waals surface area contributed by atoms with Crippen LogP contribution in [0.1, 0.15) is 1.43 Å². The maximum absolute atomic E-state index is 13.7. The van der Waals surface area contributed by atoms with Crippen LogP contribution in [0.5, 0.6) is 0 Å². The van der Waals surface area contributed by atoms with Crippen LogP contribution in [-0.2, 0) is 9.47 Å². The Labute approximate surface area is 233 Å². The van der Waals surface area contributed by atoms with Crippen LogP contribution < -0.4 is 15.1 Å². The molecule has 10 nitrogen and oxygen atoms in total. The molecule has 4 aliphatic rings. The number of halogens is 2. The van der Waals surface area contributed by atoms with Gasteiger partial charge in [0, 0.05) is 89.0 Å². The predicted octanol–water partition coefficient (Wildman–Crippen LogP) is 2.58. The third-order valence-electron chi connectivity index (χ3n) is 8.34. The van der Waals surface area contributed by atoms with Crippen LogP contribution in [-0.4, -0.2) is 115 Å². The van der Waals surface area contributed by atoms with E-state index < -0.39 is 11.6 Å². The highest BCUT2D eigenvalue weighted by atomic mass is 19.1. The van der Waals surface area contributed by atoms with E-state index in [0.29, 0.717) is 18.0 Å². The second kappa shape index (κ2) is 10.9. The number of benzene rings is 2. The first kappa shape index (κ1) is 25.6. The van der Waals surface area contributed by atoms with Crippen molar-refractivity contribution in [2.24, 2.45) is 0 Å². The minimum Gasteiger partial charge on any atom is -0.379 e. The summed E-state index contributed by atoms with van der Waals surface area (Å²) in [5.74, 6) is -0.961. The molecule has 0 aliphatic carbocycles. The lowest BCUT2D eigenvalue weighted by molar-refractivity contribution is 0.0104. The summed E-state index contributed by atoms with van der Waals surface area (Å²) in [4.78, 5) is 14.2.